The summed E-state index contributed by atoms with van der Waals surface area (Å²) in [5.74, 6) is 1.33. The van der Waals surface area contributed by atoms with Crippen molar-refractivity contribution in [1.82, 2.24) is 25.1 Å². The molecule has 0 radical (unpaired) electrons. The van der Waals surface area contributed by atoms with E-state index in [1.54, 1.807) is 12.4 Å². The number of carbonyl (C=O) groups is 1. The van der Waals surface area contributed by atoms with Gasteiger partial charge in [-0.25, -0.2) is 0 Å². The summed E-state index contributed by atoms with van der Waals surface area (Å²) in [5, 5.41) is 12.4. The molecule has 2 aromatic heterocycles. The van der Waals surface area contributed by atoms with Crippen molar-refractivity contribution >= 4 is 17.7 Å². The molecule has 7 heteroatoms. The Balaban J connectivity index is 1.63. The average molecular weight is 410 g/mol. The zero-order valence-electron chi connectivity index (χ0n) is 17.3. The van der Waals surface area contributed by atoms with E-state index in [1.807, 2.05) is 23.7 Å². The van der Waals surface area contributed by atoms with Gasteiger partial charge >= 0.3 is 0 Å². The van der Waals surface area contributed by atoms with Crippen LogP contribution in [0.2, 0.25) is 0 Å². The highest BCUT2D eigenvalue weighted by molar-refractivity contribution is 7.99. The van der Waals surface area contributed by atoms with Crippen LogP contribution in [0.3, 0.4) is 0 Å². The van der Waals surface area contributed by atoms with Gasteiger partial charge in [-0.2, -0.15) is 0 Å². The number of hydrogen-bond acceptors (Lipinski definition) is 5. The maximum Gasteiger partial charge on any atom is 0.230 e. The third-order valence-corrected chi connectivity index (χ3v) is 5.86. The van der Waals surface area contributed by atoms with Gasteiger partial charge in [0.15, 0.2) is 11.0 Å². The van der Waals surface area contributed by atoms with Crippen LogP contribution in [0, 0.1) is 5.92 Å². The van der Waals surface area contributed by atoms with Crippen LogP contribution in [-0.4, -0.2) is 31.4 Å². The quantitative estimate of drug-likeness (QED) is 0.568. The summed E-state index contributed by atoms with van der Waals surface area (Å²) in [4.78, 5) is 16.6. The van der Waals surface area contributed by atoms with Crippen LogP contribution in [0.25, 0.3) is 11.4 Å². The molecular weight excluding hydrogens is 382 g/mol. The van der Waals surface area contributed by atoms with E-state index in [1.165, 1.54) is 17.3 Å². The number of rotatable bonds is 8. The molecule has 2 heterocycles. The Hall–Kier alpha value is -2.67. The summed E-state index contributed by atoms with van der Waals surface area (Å²) in [6.07, 6.45) is 4.46. The first-order valence-corrected chi connectivity index (χ1v) is 10.8. The fourth-order valence-corrected chi connectivity index (χ4v) is 3.86. The van der Waals surface area contributed by atoms with Gasteiger partial charge in [-0.1, -0.05) is 56.8 Å². The van der Waals surface area contributed by atoms with Gasteiger partial charge in [0.05, 0.1) is 11.8 Å². The van der Waals surface area contributed by atoms with E-state index >= 15 is 0 Å². The maximum atomic E-state index is 12.6. The predicted octanol–water partition coefficient (Wildman–Crippen LogP) is 4.05. The molecule has 0 unspecified atom stereocenters. The molecule has 0 saturated carbocycles. The number of amides is 1. The number of aryl methyl sites for hydroxylation is 1. The Bertz CT molecular complexity index is 938. The van der Waals surface area contributed by atoms with Gasteiger partial charge in [0.25, 0.3) is 0 Å². The third kappa shape index (κ3) is 5.23. The van der Waals surface area contributed by atoms with Crippen molar-refractivity contribution in [2.75, 3.05) is 5.75 Å². The van der Waals surface area contributed by atoms with Crippen LogP contribution in [0.4, 0.5) is 0 Å². The summed E-state index contributed by atoms with van der Waals surface area (Å²) in [7, 11) is 1.90. The van der Waals surface area contributed by atoms with E-state index in [0.717, 1.165) is 23.4 Å². The molecule has 6 nitrogen and oxygen atoms in total. The number of benzene rings is 1. The summed E-state index contributed by atoms with van der Waals surface area (Å²) >= 11 is 1.39. The van der Waals surface area contributed by atoms with E-state index in [-0.39, 0.29) is 11.9 Å². The Morgan fingerprint density at radius 2 is 1.79 bits per heavy atom. The van der Waals surface area contributed by atoms with Crippen LogP contribution < -0.4 is 5.32 Å². The second-order valence-electron chi connectivity index (χ2n) is 7.27. The number of hydrogen-bond donors (Lipinski definition) is 1. The molecule has 29 heavy (non-hydrogen) atoms. The SMILES string of the molecule is CCc1ccc([C@H](NC(=O)CSc2nnc(-c3ccncc3)n2C)C(C)C)cc1. The third-order valence-electron chi connectivity index (χ3n) is 4.84. The fraction of sp³-hybridized carbons (Fsp3) is 0.364. The van der Waals surface area contributed by atoms with E-state index < -0.39 is 0 Å². The normalized spacial score (nSPS) is 12.2. The zero-order valence-corrected chi connectivity index (χ0v) is 18.1. The Kier molecular flexibility index (Phi) is 7.04. The lowest BCUT2D eigenvalue weighted by Gasteiger charge is -2.23. The molecule has 0 fully saturated rings. The Morgan fingerprint density at radius 3 is 2.41 bits per heavy atom. The van der Waals surface area contributed by atoms with Crippen LogP contribution in [-0.2, 0) is 18.3 Å². The van der Waals surface area contributed by atoms with Gasteiger partial charge in [0.1, 0.15) is 0 Å². The molecule has 1 aromatic carbocycles. The van der Waals surface area contributed by atoms with Gasteiger partial charge in [-0.3, -0.25) is 9.78 Å². The lowest BCUT2D eigenvalue weighted by molar-refractivity contribution is -0.119. The van der Waals surface area contributed by atoms with Crippen molar-refractivity contribution in [3.8, 4) is 11.4 Å². The molecule has 3 rings (SSSR count). The lowest BCUT2D eigenvalue weighted by Crippen LogP contribution is -2.33. The van der Waals surface area contributed by atoms with Crippen molar-refractivity contribution in [3.63, 3.8) is 0 Å². The van der Waals surface area contributed by atoms with E-state index in [2.05, 4.69) is 65.5 Å². The Labute approximate surface area is 176 Å². The van der Waals surface area contributed by atoms with Gasteiger partial charge in [-0.15, -0.1) is 10.2 Å². The Morgan fingerprint density at radius 1 is 1.10 bits per heavy atom. The number of pyridine rings is 1. The molecule has 1 atom stereocenters. The van der Waals surface area contributed by atoms with E-state index in [0.29, 0.717) is 16.8 Å². The number of thioether (sulfide) groups is 1. The molecule has 0 saturated heterocycles. The van der Waals surface area contributed by atoms with Gasteiger partial charge in [0, 0.05) is 25.0 Å². The van der Waals surface area contributed by atoms with Gasteiger partial charge < -0.3 is 9.88 Å². The summed E-state index contributed by atoms with van der Waals surface area (Å²) < 4.78 is 1.90. The minimum Gasteiger partial charge on any atom is -0.348 e. The molecule has 152 valence electrons. The fourth-order valence-electron chi connectivity index (χ4n) is 3.13. The molecule has 0 spiro atoms. The highest BCUT2D eigenvalue weighted by atomic mass is 32.2. The highest BCUT2D eigenvalue weighted by Gasteiger charge is 2.19. The first-order valence-electron chi connectivity index (χ1n) is 9.80. The topological polar surface area (TPSA) is 72.7 Å². The predicted molar refractivity (Wildman–Crippen MR) is 116 cm³/mol. The summed E-state index contributed by atoms with van der Waals surface area (Å²) in [5.41, 5.74) is 3.38. The molecule has 0 aliphatic rings. The molecule has 0 aliphatic heterocycles. The van der Waals surface area contributed by atoms with Crippen molar-refractivity contribution in [1.29, 1.82) is 0 Å². The molecule has 1 N–H and O–H groups in total. The minimum absolute atomic E-state index is 0.0123. The molecule has 1 amide bonds. The number of nitrogens with one attached hydrogen (secondary N) is 1. The van der Waals surface area contributed by atoms with Crippen LogP contribution in [0.15, 0.2) is 53.9 Å². The van der Waals surface area contributed by atoms with Crippen LogP contribution >= 0.6 is 11.8 Å². The second kappa shape index (κ2) is 9.69. The maximum absolute atomic E-state index is 12.6. The van der Waals surface area contributed by atoms with E-state index in [9.17, 15) is 4.79 Å². The van der Waals surface area contributed by atoms with Crippen LogP contribution in [0.1, 0.15) is 37.9 Å². The molecule has 3 aromatic rings. The monoisotopic (exact) mass is 409 g/mol. The molecule has 0 aliphatic carbocycles. The first-order chi connectivity index (χ1) is 14.0. The van der Waals surface area contributed by atoms with Gasteiger partial charge in [0.2, 0.25) is 5.91 Å². The highest BCUT2D eigenvalue weighted by Crippen LogP contribution is 2.24. The number of carbonyl (C=O) groups excluding carboxylic acids is 1. The minimum atomic E-state index is -0.0131. The first kappa shape index (κ1) is 21.0. The summed E-state index contributed by atoms with van der Waals surface area (Å²) in [6, 6.07) is 12.3. The lowest BCUT2D eigenvalue weighted by atomic mass is 9.95. The van der Waals surface area contributed by atoms with Crippen molar-refractivity contribution in [2.24, 2.45) is 13.0 Å². The van der Waals surface area contributed by atoms with Crippen molar-refractivity contribution in [2.45, 2.75) is 38.4 Å². The molecule has 0 bridgehead atoms. The number of aromatic nitrogens is 4. The summed E-state index contributed by atoms with van der Waals surface area (Å²) in [6.45, 7) is 6.38. The zero-order chi connectivity index (χ0) is 20.8. The largest absolute Gasteiger partial charge is 0.348 e. The van der Waals surface area contributed by atoms with Crippen molar-refractivity contribution in [3.05, 3.63) is 59.9 Å². The van der Waals surface area contributed by atoms with Gasteiger partial charge in [-0.05, 0) is 35.6 Å². The smallest absolute Gasteiger partial charge is 0.230 e. The van der Waals surface area contributed by atoms with E-state index in [4.69, 9.17) is 0 Å². The number of nitrogens with zero attached hydrogens (tertiary/aromatic N) is 4. The average Bonchev–Trinajstić information content (AvgIpc) is 3.11. The standard InChI is InChI=1S/C22H27N5OS/c1-5-16-6-8-17(9-7-16)20(15(2)3)24-19(28)14-29-22-26-25-21(27(22)4)18-10-12-23-13-11-18/h6-13,15,20H,5,14H2,1-4H3,(H,24,28)/t20-/m1/s1. The van der Waals surface area contributed by atoms with Crippen molar-refractivity contribution < 1.29 is 4.79 Å². The van der Waals surface area contributed by atoms with Crippen LogP contribution in [0.5, 0.6) is 0 Å². The second-order valence-corrected chi connectivity index (χ2v) is 8.22. The molecular formula is C22H27N5OS.